The second-order valence-corrected chi connectivity index (χ2v) is 7.73. The Balaban J connectivity index is 1.52. The molecule has 9 nitrogen and oxygen atoms in total. The van der Waals surface area contributed by atoms with Crippen molar-refractivity contribution in [2.45, 2.75) is 26.4 Å². The monoisotopic (exact) mass is 409 g/mol. The Morgan fingerprint density at radius 1 is 1.10 bits per heavy atom. The number of benzene rings is 1. The van der Waals surface area contributed by atoms with Crippen LogP contribution in [-0.2, 0) is 11.8 Å². The van der Waals surface area contributed by atoms with Crippen LogP contribution in [-0.4, -0.2) is 44.5 Å². The maximum absolute atomic E-state index is 11.6. The van der Waals surface area contributed by atoms with Gasteiger partial charge in [0.15, 0.2) is 0 Å². The minimum absolute atomic E-state index is 0.417. The van der Waals surface area contributed by atoms with E-state index in [1.165, 1.54) is 0 Å². The lowest BCUT2D eigenvalue weighted by Gasteiger charge is -2.19. The summed E-state index contributed by atoms with van der Waals surface area (Å²) >= 11 is 0. The minimum Gasteiger partial charge on any atom is -0.444 e. The highest BCUT2D eigenvalue weighted by molar-refractivity contribution is 5.68. The first-order chi connectivity index (χ1) is 14.3. The molecular weight excluding hydrogens is 382 g/mol. The molecule has 0 atom stereocenters. The van der Waals surface area contributed by atoms with Crippen molar-refractivity contribution < 1.29 is 9.53 Å². The number of nitrogens with one attached hydrogen (secondary N) is 3. The zero-order valence-corrected chi connectivity index (χ0v) is 17.6. The minimum atomic E-state index is -0.498. The van der Waals surface area contributed by atoms with Gasteiger partial charge in [0.2, 0.25) is 5.95 Å². The molecule has 30 heavy (non-hydrogen) atoms. The van der Waals surface area contributed by atoms with E-state index in [9.17, 15) is 4.79 Å². The molecule has 0 saturated carbocycles. The molecule has 0 aliphatic heterocycles. The third kappa shape index (κ3) is 6.47. The summed E-state index contributed by atoms with van der Waals surface area (Å²) in [5.41, 5.74) is 3.07. The van der Waals surface area contributed by atoms with Crippen LogP contribution in [0.1, 0.15) is 20.8 Å². The van der Waals surface area contributed by atoms with Gasteiger partial charge in [-0.3, -0.25) is 4.68 Å². The summed E-state index contributed by atoms with van der Waals surface area (Å²) in [6, 6.07) is 9.78. The van der Waals surface area contributed by atoms with Gasteiger partial charge in [-0.2, -0.15) is 5.10 Å². The molecule has 0 spiro atoms. The number of hydrogen-bond acceptors (Lipinski definition) is 7. The lowest BCUT2D eigenvalue weighted by Crippen LogP contribution is -2.34. The predicted octanol–water partition coefficient (Wildman–Crippen LogP) is 3.56. The summed E-state index contributed by atoms with van der Waals surface area (Å²) in [5.74, 6) is 0.510. The molecule has 0 aliphatic carbocycles. The van der Waals surface area contributed by atoms with Gasteiger partial charge in [-0.15, -0.1) is 0 Å². The normalized spacial score (nSPS) is 11.1. The van der Waals surface area contributed by atoms with Crippen molar-refractivity contribution in [2.24, 2.45) is 7.05 Å². The summed E-state index contributed by atoms with van der Waals surface area (Å²) in [7, 11) is 1.85. The molecule has 0 aliphatic rings. The number of carbonyl (C=O) groups is 1. The van der Waals surface area contributed by atoms with Gasteiger partial charge >= 0.3 is 6.09 Å². The fourth-order valence-electron chi connectivity index (χ4n) is 2.64. The predicted molar refractivity (Wildman–Crippen MR) is 117 cm³/mol. The van der Waals surface area contributed by atoms with Crippen LogP contribution in [0, 0.1) is 0 Å². The third-order valence-corrected chi connectivity index (χ3v) is 3.92. The van der Waals surface area contributed by atoms with Crippen LogP contribution < -0.4 is 16.0 Å². The quantitative estimate of drug-likeness (QED) is 0.512. The molecule has 0 fully saturated rings. The van der Waals surface area contributed by atoms with Gasteiger partial charge in [0, 0.05) is 43.8 Å². The number of amides is 1. The van der Waals surface area contributed by atoms with Crippen LogP contribution in [0.25, 0.3) is 11.3 Å². The standard InChI is InChI=1S/C21H27N7O2/c1-21(2,3)30-20(29)24-12-11-22-16-7-5-15(6-8-16)18-9-10-23-19(27-18)26-17-13-25-28(4)14-17/h5-10,13-14,22H,11-12H2,1-4H3,(H,24,29)(H,23,26,27). The lowest BCUT2D eigenvalue weighted by atomic mass is 10.1. The highest BCUT2D eigenvalue weighted by atomic mass is 16.6. The van der Waals surface area contributed by atoms with E-state index in [2.05, 4.69) is 31.0 Å². The highest BCUT2D eigenvalue weighted by Crippen LogP contribution is 2.21. The maximum atomic E-state index is 11.6. The molecule has 158 valence electrons. The lowest BCUT2D eigenvalue weighted by molar-refractivity contribution is 0.0530. The van der Waals surface area contributed by atoms with Gasteiger partial charge in [0.25, 0.3) is 0 Å². The zero-order chi connectivity index (χ0) is 21.6. The second kappa shape index (κ2) is 9.25. The van der Waals surface area contributed by atoms with E-state index in [4.69, 9.17) is 4.74 Å². The Hall–Kier alpha value is -3.62. The number of nitrogens with zero attached hydrogens (tertiary/aromatic N) is 4. The van der Waals surface area contributed by atoms with Crippen LogP contribution >= 0.6 is 0 Å². The number of rotatable bonds is 7. The number of alkyl carbamates (subject to hydrolysis) is 1. The van der Waals surface area contributed by atoms with Gasteiger partial charge in [-0.25, -0.2) is 14.8 Å². The van der Waals surface area contributed by atoms with E-state index in [0.717, 1.165) is 22.6 Å². The molecule has 0 bridgehead atoms. The van der Waals surface area contributed by atoms with Crippen LogP contribution in [0.4, 0.5) is 22.1 Å². The summed E-state index contributed by atoms with van der Waals surface area (Å²) in [5, 5.41) is 13.2. The van der Waals surface area contributed by atoms with E-state index in [-0.39, 0.29) is 0 Å². The molecule has 2 aromatic heterocycles. The van der Waals surface area contributed by atoms with Crippen molar-refractivity contribution >= 4 is 23.4 Å². The van der Waals surface area contributed by atoms with Crippen molar-refractivity contribution in [3.8, 4) is 11.3 Å². The molecule has 3 rings (SSSR count). The highest BCUT2D eigenvalue weighted by Gasteiger charge is 2.15. The van der Waals surface area contributed by atoms with E-state index in [0.29, 0.717) is 19.0 Å². The summed E-state index contributed by atoms with van der Waals surface area (Å²) in [6.07, 6.45) is 4.87. The summed E-state index contributed by atoms with van der Waals surface area (Å²) < 4.78 is 6.91. The van der Waals surface area contributed by atoms with Gasteiger partial charge in [-0.1, -0.05) is 12.1 Å². The number of aryl methyl sites for hydroxylation is 1. The first-order valence-electron chi connectivity index (χ1n) is 9.68. The van der Waals surface area contributed by atoms with Crippen LogP contribution in [0.2, 0.25) is 0 Å². The maximum Gasteiger partial charge on any atom is 0.407 e. The fourth-order valence-corrected chi connectivity index (χ4v) is 2.64. The number of aromatic nitrogens is 4. The van der Waals surface area contributed by atoms with Crippen molar-refractivity contribution in [1.29, 1.82) is 0 Å². The third-order valence-electron chi connectivity index (χ3n) is 3.92. The molecule has 1 aromatic carbocycles. The van der Waals surface area contributed by atoms with Crippen molar-refractivity contribution in [3.05, 3.63) is 48.9 Å². The van der Waals surface area contributed by atoms with E-state index in [1.54, 1.807) is 17.1 Å². The van der Waals surface area contributed by atoms with Crippen LogP contribution in [0.5, 0.6) is 0 Å². The SMILES string of the molecule is Cn1cc(Nc2nccc(-c3ccc(NCCNC(=O)OC(C)(C)C)cc3)n2)cn1. The van der Waals surface area contributed by atoms with Crippen molar-refractivity contribution in [3.63, 3.8) is 0 Å². The Bertz CT molecular complexity index is 978. The van der Waals surface area contributed by atoms with Gasteiger partial charge in [-0.05, 0) is 39.0 Å². The molecule has 1 amide bonds. The number of carbonyl (C=O) groups excluding carboxylic acids is 1. The smallest absolute Gasteiger partial charge is 0.407 e. The average molecular weight is 409 g/mol. The van der Waals surface area contributed by atoms with Crippen LogP contribution in [0.3, 0.4) is 0 Å². The first kappa shape index (κ1) is 21.1. The van der Waals surface area contributed by atoms with Gasteiger partial charge in [0.1, 0.15) is 5.60 Å². The molecule has 3 N–H and O–H groups in total. The second-order valence-electron chi connectivity index (χ2n) is 7.73. The molecule has 3 aromatic rings. The van der Waals surface area contributed by atoms with Gasteiger partial charge < -0.3 is 20.7 Å². The Morgan fingerprint density at radius 2 is 1.87 bits per heavy atom. The Kier molecular flexibility index (Phi) is 6.51. The first-order valence-corrected chi connectivity index (χ1v) is 9.68. The number of anilines is 3. The molecule has 0 saturated heterocycles. The molecule has 2 heterocycles. The molecular formula is C21H27N7O2. The summed E-state index contributed by atoms with van der Waals surface area (Å²) in [6.45, 7) is 6.56. The average Bonchev–Trinajstić information content (AvgIpc) is 3.09. The largest absolute Gasteiger partial charge is 0.444 e. The van der Waals surface area contributed by atoms with Crippen LogP contribution in [0.15, 0.2) is 48.9 Å². The summed E-state index contributed by atoms with van der Waals surface area (Å²) in [4.78, 5) is 20.4. The Labute approximate surface area is 175 Å². The van der Waals surface area contributed by atoms with Gasteiger partial charge in [0.05, 0.1) is 17.6 Å². The molecule has 9 heteroatoms. The number of hydrogen-bond donors (Lipinski definition) is 3. The van der Waals surface area contributed by atoms with Crippen molar-refractivity contribution in [2.75, 3.05) is 23.7 Å². The topological polar surface area (TPSA) is 106 Å². The fraction of sp³-hybridized carbons (Fsp3) is 0.333. The van der Waals surface area contributed by atoms with E-state index < -0.39 is 11.7 Å². The molecule has 0 radical (unpaired) electrons. The molecule has 0 unspecified atom stereocenters. The zero-order valence-electron chi connectivity index (χ0n) is 17.6. The van der Waals surface area contributed by atoms with Crippen molar-refractivity contribution in [1.82, 2.24) is 25.1 Å². The van der Waals surface area contributed by atoms with E-state index in [1.807, 2.05) is 64.3 Å². The Morgan fingerprint density at radius 3 is 2.53 bits per heavy atom. The van der Waals surface area contributed by atoms with E-state index >= 15 is 0 Å². The number of ether oxygens (including phenoxy) is 1.